The van der Waals surface area contributed by atoms with Crippen molar-refractivity contribution in [3.63, 3.8) is 0 Å². The first-order valence-corrected chi connectivity index (χ1v) is 8.69. The molecular formula is C20H18FN5O2. The zero-order valence-corrected chi connectivity index (χ0v) is 15.7. The number of pyridine rings is 1. The van der Waals surface area contributed by atoms with Gasteiger partial charge in [-0.05, 0) is 30.3 Å². The molecule has 0 saturated carbocycles. The van der Waals surface area contributed by atoms with Gasteiger partial charge < -0.3 is 9.47 Å². The van der Waals surface area contributed by atoms with Crippen LogP contribution in [0.1, 0.15) is 5.69 Å². The maximum Gasteiger partial charge on any atom is 0.296 e. The molecule has 142 valence electrons. The molecule has 8 heteroatoms. The Morgan fingerprint density at radius 1 is 1.25 bits per heavy atom. The van der Waals surface area contributed by atoms with Gasteiger partial charge in [0.1, 0.15) is 11.3 Å². The normalized spacial score (nSPS) is 11.3. The lowest BCUT2D eigenvalue weighted by atomic mass is 10.1. The van der Waals surface area contributed by atoms with Crippen LogP contribution < -0.4 is 5.56 Å². The van der Waals surface area contributed by atoms with Crippen molar-refractivity contribution in [1.82, 2.24) is 24.2 Å². The van der Waals surface area contributed by atoms with Crippen LogP contribution in [0.25, 0.3) is 27.5 Å². The molecule has 0 spiro atoms. The topological polar surface area (TPSA) is 73.0 Å². The van der Waals surface area contributed by atoms with Gasteiger partial charge in [0.2, 0.25) is 5.91 Å². The van der Waals surface area contributed by atoms with E-state index in [-0.39, 0.29) is 17.9 Å². The molecule has 0 bridgehead atoms. The third-order valence-electron chi connectivity index (χ3n) is 4.77. The molecule has 0 aliphatic rings. The molecule has 0 aliphatic carbocycles. The number of fused-ring (bicyclic) bond motifs is 3. The number of amides is 1. The Morgan fingerprint density at radius 3 is 2.71 bits per heavy atom. The van der Waals surface area contributed by atoms with Crippen LogP contribution in [0.2, 0.25) is 0 Å². The second kappa shape index (κ2) is 6.56. The third-order valence-corrected chi connectivity index (χ3v) is 4.77. The Balaban J connectivity index is 2.13. The number of nitrogens with zero attached hydrogens (tertiary/aromatic N) is 5. The lowest BCUT2D eigenvalue weighted by molar-refractivity contribution is -0.128. The van der Waals surface area contributed by atoms with Gasteiger partial charge in [0.05, 0.1) is 29.5 Å². The molecule has 0 radical (unpaired) electrons. The van der Waals surface area contributed by atoms with E-state index in [0.29, 0.717) is 33.2 Å². The molecule has 0 unspecified atom stereocenters. The molecule has 0 fully saturated rings. The number of hydrogen-bond donors (Lipinski definition) is 0. The molecule has 4 aromatic rings. The van der Waals surface area contributed by atoms with E-state index in [1.807, 2.05) is 0 Å². The molecule has 7 nitrogen and oxygen atoms in total. The average molecular weight is 379 g/mol. The molecule has 3 aromatic heterocycles. The van der Waals surface area contributed by atoms with E-state index in [2.05, 4.69) is 10.1 Å². The number of aromatic nitrogens is 4. The van der Waals surface area contributed by atoms with Gasteiger partial charge in [-0.15, -0.1) is 0 Å². The van der Waals surface area contributed by atoms with Crippen LogP contribution in [0.5, 0.6) is 0 Å². The number of halogens is 1. The fourth-order valence-corrected chi connectivity index (χ4v) is 3.35. The molecule has 3 heterocycles. The maximum atomic E-state index is 13.8. The van der Waals surface area contributed by atoms with Crippen molar-refractivity contribution < 1.29 is 9.18 Å². The van der Waals surface area contributed by atoms with Gasteiger partial charge in [0.15, 0.2) is 0 Å². The van der Waals surface area contributed by atoms with E-state index < -0.39 is 5.82 Å². The minimum absolute atomic E-state index is 0.0144. The van der Waals surface area contributed by atoms with Crippen molar-refractivity contribution in [2.45, 2.75) is 6.42 Å². The van der Waals surface area contributed by atoms with E-state index in [1.165, 1.54) is 27.9 Å². The summed E-state index contributed by atoms with van der Waals surface area (Å²) in [7, 11) is 5.03. The molecule has 0 saturated heterocycles. The quantitative estimate of drug-likeness (QED) is 0.546. The second-order valence-corrected chi connectivity index (χ2v) is 6.78. The highest BCUT2D eigenvalue weighted by atomic mass is 19.1. The standard InChI is InChI=1S/C20H18FN5O2/c1-24(2)17(27)10-15-18-14-7-6-12(21)9-16(14)25(3)19(18)20(28)26(23-15)13-5-4-8-22-11-13/h4-9,11H,10H2,1-3H3. The number of aryl methyl sites for hydroxylation is 1. The number of likely N-dealkylation sites (N-methyl/N-ethyl adjacent to an activating group) is 1. The minimum atomic E-state index is -0.398. The SMILES string of the molecule is CN(C)C(=O)Cc1nn(-c2cccnc2)c(=O)c2c1c1ccc(F)cc1n2C. The molecule has 0 N–H and O–H groups in total. The Hall–Kier alpha value is -3.55. The molecular weight excluding hydrogens is 361 g/mol. The van der Waals surface area contributed by atoms with Crippen LogP contribution in [0.4, 0.5) is 4.39 Å². The van der Waals surface area contributed by atoms with E-state index in [4.69, 9.17) is 0 Å². The molecule has 1 aromatic carbocycles. The van der Waals surface area contributed by atoms with Gasteiger partial charge in [0.25, 0.3) is 5.56 Å². The molecule has 4 rings (SSSR count). The van der Waals surface area contributed by atoms with Crippen molar-refractivity contribution in [3.05, 3.63) is 64.6 Å². The lowest BCUT2D eigenvalue weighted by Crippen LogP contribution is -2.28. The number of carbonyl (C=O) groups excluding carboxylic acids is 1. The summed E-state index contributed by atoms with van der Waals surface area (Å²) in [5.74, 6) is -0.547. The van der Waals surface area contributed by atoms with Gasteiger partial charge in [-0.25, -0.2) is 4.39 Å². The Kier molecular flexibility index (Phi) is 4.18. The van der Waals surface area contributed by atoms with E-state index in [9.17, 15) is 14.0 Å². The molecule has 0 atom stereocenters. The first-order chi connectivity index (χ1) is 13.4. The molecule has 0 aliphatic heterocycles. The van der Waals surface area contributed by atoms with Crippen LogP contribution in [0.3, 0.4) is 0 Å². The zero-order chi connectivity index (χ0) is 20.0. The summed E-state index contributed by atoms with van der Waals surface area (Å²) in [6, 6.07) is 7.75. The fourth-order valence-electron chi connectivity index (χ4n) is 3.35. The highest BCUT2D eigenvalue weighted by Gasteiger charge is 2.21. The average Bonchev–Trinajstić information content (AvgIpc) is 2.97. The molecule has 1 amide bonds. The van der Waals surface area contributed by atoms with Crippen LogP contribution in [-0.2, 0) is 18.3 Å². The van der Waals surface area contributed by atoms with Crippen LogP contribution in [-0.4, -0.2) is 44.2 Å². The highest BCUT2D eigenvalue weighted by molar-refractivity contribution is 6.09. The summed E-state index contributed by atoms with van der Waals surface area (Å²) in [6.07, 6.45) is 3.14. The van der Waals surface area contributed by atoms with Crippen molar-refractivity contribution >= 4 is 27.7 Å². The lowest BCUT2D eigenvalue weighted by Gasteiger charge is -2.12. The number of carbonyl (C=O) groups is 1. The van der Waals surface area contributed by atoms with Crippen molar-refractivity contribution in [3.8, 4) is 5.69 Å². The summed E-state index contributed by atoms with van der Waals surface area (Å²) in [5, 5.41) is 5.74. The van der Waals surface area contributed by atoms with Gasteiger partial charge in [-0.1, -0.05) is 0 Å². The zero-order valence-electron chi connectivity index (χ0n) is 15.7. The van der Waals surface area contributed by atoms with Crippen LogP contribution in [0.15, 0.2) is 47.5 Å². The van der Waals surface area contributed by atoms with Gasteiger partial charge in [0, 0.05) is 38.1 Å². The third kappa shape index (κ3) is 2.74. The molecule has 28 heavy (non-hydrogen) atoms. The van der Waals surface area contributed by atoms with Crippen LogP contribution in [0, 0.1) is 5.82 Å². The summed E-state index contributed by atoms with van der Waals surface area (Å²) >= 11 is 0. The Morgan fingerprint density at radius 2 is 2.04 bits per heavy atom. The van der Waals surface area contributed by atoms with Crippen molar-refractivity contribution in [2.75, 3.05) is 14.1 Å². The van der Waals surface area contributed by atoms with Crippen LogP contribution >= 0.6 is 0 Å². The summed E-state index contributed by atoms with van der Waals surface area (Å²) in [4.78, 5) is 31.2. The monoisotopic (exact) mass is 379 g/mol. The van der Waals surface area contributed by atoms with Gasteiger partial charge in [-0.3, -0.25) is 14.6 Å². The summed E-state index contributed by atoms with van der Waals surface area (Å²) < 4.78 is 16.7. The second-order valence-electron chi connectivity index (χ2n) is 6.78. The highest BCUT2D eigenvalue weighted by Crippen LogP contribution is 2.29. The largest absolute Gasteiger partial charge is 0.348 e. The van der Waals surface area contributed by atoms with E-state index >= 15 is 0 Å². The summed E-state index contributed by atoms with van der Waals surface area (Å²) in [5.41, 5.74) is 1.51. The predicted molar refractivity (Wildman–Crippen MR) is 104 cm³/mol. The fraction of sp³-hybridized carbons (Fsp3) is 0.200. The van der Waals surface area contributed by atoms with Crippen molar-refractivity contribution in [2.24, 2.45) is 7.05 Å². The van der Waals surface area contributed by atoms with E-state index in [0.717, 1.165) is 0 Å². The first kappa shape index (κ1) is 17.8. The smallest absolute Gasteiger partial charge is 0.296 e. The number of benzene rings is 1. The summed E-state index contributed by atoms with van der Waals surface area (Å²) in [6.45, 7) is 0. The van der Waals surface area contributed by atoms with Crippen molar-refractivity contribution in [1.29, 1.82) is 0 Å². The number of hydrogen-bond acceptors (Lipinski definition) is 4. The van der Waals surface area contributed by atoms with Gasteiger partial charge in [-0.2, -0.15) is 9.78 Å². The van der Waals surface area contributed by atoms with Gasteiger partial charge >= 0.3 is 0 Å². The maximum absolute atomic E-state index is 13.8. The number of rotatable bonds is 3. The first-order valence-electron chi connectivity index (χ1n) is 8.69. The predicted octanol–water partition coefficient (Wildman–Crippen LogP) is 2.04. The Bertz CT molecular complexity index is 1270. The van der Waals surface area contributed by atoms with E-state index in [1.54, 1.807) is 50.1 Å². The minimum Gasteiger partial charge on any atom is -0.348 e. The Labute approximate surface area is 159 Å².